The van der Waals surface area contributed by atoms with Crippen molar-refractivity contribution in [2.75, 3.05) is 26.7 Å². The number of aryl methyl sites for hydroxylation is 2. The van der Waals surface area contributed by atoms with Crippen molar-refractivity contribution in [3.05, 3.63) is 64.5 Å². The number of hydrogen-bond acceptors (Lipinski definition) is 4. The SMILES string of the molecule is CCCc1ccc(COc2ccc3c(c2)CCC(CN2CC(C(=O)NC)C2)=C3C)cn1. The van der Waals surface area contributed by atoms with E-state index in [1.54, 1.807) is 7.05 Å². The van der Waals surface area contributed by atoms with Gasteiger partial charge in [-0.1, -0.05) is 31.1 Å². The van der Waals surface area contributed by atoms with E-state index in [1.807, 2.05) is 6.20 Å². The number of carbonyl (C=O) groups excluding carboxylic acids is 1. The molecule has 1 aliphatic carbocycles. The summed E-state index contributed by atoms with van der Waals surface area (Å²) >= 11 is 0. The van der Waals surface area contributed by atoms with Gasteiger partial charge in [0.1, 0.15) is 12.4 Å². The highest BCUT2D eigenvalue weighted by Crippen LogP contribution is 2.34. The number of fused-ring (bicyclic) bond motifs is 1. The number of likely N-dealkylation sites (tertiary alicyclic amines) is 1. The van der Waals surface area contributed by atoms with Crippen LogP contribution in [0.25, 0.3) is 5.57 Å². The number of aromatic nitrogens is 1. The van der Waals surface area contributed by atoms with Crippen molar-refractivity contribution >= 4 is 11.5 Å². The fourth-order valence-electron chi connectivity index (χ4n) is 4.54. The molecular weight excluding hydrogens is 386 g/mol. The molecule has 1 aromatic heterocycles. The van der Waals surface area contributed by atoms with Crippen LogP contribution >= 0.6 is 0 Å². The van der Waals surface area contributed by atoms with E-state index in [4.69, 9.17) is 4.74 Å². The van der Waals surface area contributed by atoms with Gasteiger partial charge in [-0.15, -0.1) is 0 Å². The Kier molecular flexibility index (Phi) is 6.71. The van der Waals surface area contributed by atoms with Gasteiger partial charge in [-0.2, -0.15) is 0 Å². The average Bonchev–Trinajstić information content (AvgIpc) is 2.76. The Bertz CT molecular complexity index is 959. The second-order valence-electron chi connectivity index (χ2n) is 8.75. The molecule has 2 aliphatic rings. The number of rotatable bonds is 8. The first-order chi connectivity index (χ1) is 15.1. The van der Waals surface area contributed by atoms with E-state index in [0.29, 0.717) is 6.61 Å². The molecule has 1 fully saturated rings. The molecule has 2 aromatic rings. The number of ether oxygens (including phenoxy) is 1. The van der Waals surface area contributed by atoms with Gasteiger partial charge >= 0.3 is 0 Å². The molecule has 0 radical (unpaired) electrons. The van der Waals surface area contributed by atoms with Crippen LogP contribution in [0.3, 0.4) is 0 Å². The molecule has 1 amide bonds. The summed E-state index contributed by atoms with van der Waals surface area (Å²) in [4.78, 5) is 18.6. The largest absolute Gasteiger partial charge is 0.489 e. The predicted octanol–water partition coefficient (Wildman–Crippen LogP) is 4.01. The van der Waals surface area contributed by atoms with Crippen molar-refractivity contribution < 1.29 is 9.53 Å². The molecule has 1 saturated heterocycles. The third kappa shape index (κ3) is 4.99. The highest BCUT2D eigenvalue weighted by Gasteiger charge is 2.32. The van der Waals surface area contributed by atoms with Gasteiger partial charge in [0, 0.05) is 44.1 Å². The van der Waals surface area contributed by atoms with Gasteiger partial charge in [0.05, 0.1) is 5.92 Å². The van der Waals surface area contributed by atoms with Crippen LogP contribution in [0.4, 0.5) is 0 Å². The Hall–Kier alpha value is -2.66. The molecule has 0 unspecified atom stereocenters. The van der Waals surface area contributed by atoms with Crippen molar-refractivity contribution in [1.29, 1.82) is 0 Å². The summed E-state index contributed by atoms with van der Waals surface area (Å²) in [5.74, 6) is 1.24. The van der Waals surface area contributed by atoms with E-state index in [9.17, 15) is 4.79 Å². The number of amides is 1. The molecule has 4 rings (SSSR count). The molecule has 2 heterocycles. The summed E-state index contributed by atoms with van der Waals surface area (Å²) in [7, 11) is 1.72. The molecule has 0 bridgehead atoms. The van der Waals surface area contributed by atoms with E-state index in [-0.39, 0.29) is 11.8 Å². The van der Waals surface area contributed by atoms with Gasteiger partial charge in [0.15, 0.2) is 0 Å². The predicted molar refractivity (Wildman–Crippen MR) is 124 cm³/mol. The van der Waals surface area contributed by atoms with E-state index in [2.05, 4.69) is 59.4 Å². The zero-order valence-electron chi connectivity index (χ0n) is 18.9. The van der Waals surface area contributed by atoms with Crippen molar-refractivity contribution in [2.24, 2.45) is 5.92 Å². The van der Waals surface area contributed by atoms with E-state index in [1.165, 1.54) is 22.3 Å². The maximum absolute atomic E-state index is 11.7. The molecule has 0 saturated carbocycles. The maximum atomic E-state index is 11.7. The molecule has 164 valence electrons. The van der Waals surface area contributed by atoms with E-state index < -0.39 is 0 Å². The minimum Gasteiger partial charge on any atom is -0.489 e. The summed E-state index contributed by atoms with van der Waals surface area (Å²) < 4.78 is 6.05. The van der Waals surface area contributed by atoms with Crippen molar-refractivity contribution in [1.82, 2.24) is 15.2 Å². The van der Waals surface area contributed by atoms with Crippen LogP contribution in [0.1, 0.15) is 49.1 Å². The molecule has 1 aromatic carbocycles. The summed E-state index contributed by atoms with van der Waals surface area (Å²) in [5.41, 5.74) is 7.81. The van der Waals surface area contributed by atoms with Crippen molar-refractivity contribution in [2.45, 2.75) is 46.1 Å². The number of carbonyl (C=O) groups is 1. The number of pyridine rings is 1. The lowest BCUT2D eigenvalue weighted by molar-refractivity contribution is -0.129. The van der Waals surface area contributed by atoms with Crippen LogP contribution in [0.5, 0.6) is 5.75 Å². The normalized spacial score (nSPS) is 16.6. The minimum absolute atomic E-state index is 0.152. The monoisotopic (exact) mass is 419 g/mol. The lowest BCUT2D eigenvalue weighted by Gasteiger charge is -2.39. The quantitative estimate of drug-likeness (QED) is 0.702. The first-order valence-corrected chi connectivity index (χ1v) is 11.4. The number of benzene rings is 1. The zero-order valence-corrected chi connectivity index (χ0v) is 18.9. The van der Waals surface area contributed by atoms with Crippen LogP contribution in [-0.2, 0) is 24.2 Å². The fraction of sp³-hybridized carbons (Fsp3) is 0.462. The summed E-state index contributed by atoms with van der Waals surface area (Å²) in [6.07, 6.45) is 6.17. The van der Waals surface area contributed by atoms with Crippen LogP contribution in [0, 0.1) is 5.92 Å². The van der Waals surface area contributed by atoms with Gasteiger partial charge in [-0.05, 0) is 61.1 Å². The third-order valence-electron chi connectivity index (χ3n) is 6.49. The summed E-state index contributed by atoms with van der Waals surface area (Å²) in [5, 5.41) is 2.75. The first-order valence-electron chi connectivity index (χ1n) is 11.4. The lowest BCUT2D eigenvalue weighted by atomic mass is 9.85. The first kappa shape index (κ1) is 21.6. The molecule has 5 nitrogen and oxygen atoms in total. The molecule has 0 spiro atoms. The Labute approximate surface area is 185 Å². The molecule has 0 atom stereocenters. The molecule has 5 heteroatoms. The number of nitrogens with one attached hydrogen (secondary N) is 1. The third-order valence-corrected chi connectivity index (χ3v) is 6.49. The highest BCUT2D eigenvalue weighted by molar-refractivity contribution is 5.79. The second kappa shape index (κ2) is 9.65. The van der Waals surface area contributed by atoms with Gasteiger partial charge in [0.2, 0.25) is 5.91 Å². The van der Waals surface area contributed by atoms with Crippen molar-refractivity contribution in [3.8, 4) is 5.75 Å². The minimum atomic E-state index is 0.152. The standard InChI is InChI=1S/C26H33N3O2/c1-4-5-23-9-6-19(13-28-23)17-31-24-10-11-25-18(2)21(8-7-20(25)12-24)14-29-15-22(16-29)26(30)27-3/h6,9-13,22H,4-5,7-8,14-17H2,1-3H3,(H,27,30). The van der Waals surface area contributed by atoms with Gasteiger partial charge in [-0.25, -0.2) is 0 Å². The Morgan fingerprint density at radius 1 is 1.23 bits per heavy atom. The topological polar surface area (TPSA) is 54.5 Å². The smallest absolute Gasteiger partial charge is 0.225 e. The van der Waals surface area contributed by atoms with Gasteiger partial charge in [0.25, 0.3) is 0 Å². The molecule has 1 aliphatic heterocycles. The average molecular weight is 420 g/mol. The number of allylic oxidation sites excluding steroid dienone is 1. The number of nitrogens with zero attached hydrogens (tertiary/aromatic N) is 2. The molecular formula is C26H33N3O2. The van der Waals surface area contributed by atoms with E-state index in [0.717, 1.165) is 62.3 Å². The summed E-state index contributed by atoms with van der Waals surface area (Å²) in [6.45, 7) is 7.64. The van der Waals surface area contributed by atoms with Gasteiger partial charge < -0.3 is 10.1 Å². The molecule has 31 heavy (non-hydrogen) atoms. The van der Waals surface area contributed by atoms with Crippen LogP contribution in [0.2, 0.25) is 0 Å². The van der Waals surface area contributed by atoms with Crippen LogP contribution < -0.4 is 10.1 Å². The Morgan fingerprint density at radius 2 is 2.06 bits per heavy atom. The second-order valence-corrected chi connectivity index (χ2v) is 8.75. The highest BCUT2D eigenvalue weighted by atomic mass is 16.5. The zero-order chi connectivity index (χ0) is 21.8. The number of hydrogen-bond donors (Lipinski definition) is 1. The Morgan fingerprint density at radius 3 is 2.77 bits per heavy atom. The van der Waals surface area contributed by atoms with Crippen LogP contribution in [0.15, 0.2) is 42.1 Å². The maximum Gasteiger partial charge on any atom is 0.225 e. The van der Waals surface area contributed by atoms with Crippen LogP contribution in [-0.4, -0.2) is 42.5 Å². The lowest BCUT2D eigenvalue weighted by Crippen LogP contribution is -2.53. The Balaban J connectivity index is 1.35. The van der Waals surface area contributed by atoms with Gasteiger partial charge in [-0.3, -0.25) is 14.7 Å². The molecule has 1 N–H and O–H groups in total. The van der Waals surface area contributed by atoms with Crippen molar-refractivity contribution in [3.63, 3.8) is 0 Å². The summed E-state index contributed by atoms with van der Waals surface area (Å²) in [6, 6.07) is 10.7. The fourth-order valence-corrected chi connectivity index (χ4v) is 4.54. The van der Waals surface area contributed by atoms with E-state index >= 15 is 0 Å².